The third kappa shape index (κ3) is 3.74. The first-order chi connectivity index (χ1) is 12.1. The highest BCUT2D eigenvalue weighted by atomic mass is 32.2. The highest BCUT2D eigenvalue weighted by Crippen LogP contribution is 2.27. The molecule has 6 heteroatoms. The van der Waals surface area contributed by atoms with Crippen LogP contribution in [0.1, 0.15) is 21.6 Å². The second kappa shape index (κ2) is 7.53. The van der Waals surface area contributed by atoms with Gasteiger partial charge in [-0.25, -0.2) is 9.18 Å². The highest BCUT2D eigenvalue weighted by Gasteiger charge is 2.17. The SMILES string of the molecule is CSc1ccccc1C(=O)OCc1noc(-c2ccc(F)cc2)c1C. The van der Waals surface area contributed by atoms with Gasteiger partial charge in [0, 0.05) is 16.0 Å². The first-order valence-corrected chi connectivity index (χ1v) is 8.84. The topological polar surface area (TPSA) is 52.3 Å². The number of rotatable bonds is 5. The Hall–Kier alpha value is -2.60. The maximum Gasteiger partial charge on any atom is 0.339 e. The van der Waals surface area contributed by atoms with Crippen molar-refractivity contribution in [3.05, 3.63) is 71.2 Å². The van der Waals surface area contributed by atoms with Crippen molar-refractivity contribution in [2.24, 2.45) is 0 Å². The van der Waals surface area contributed by atoms with E-state index in [0.717, 1.165) is 16.0 Å². The molecule has 0 radical (unpaired) electrons. The minimum absolute atomic E-state index is 0.0120. The van der Waals surface area contributed by atoms with Gasteiger partial charge in [-0.3, -0.25) is 0 Å². The maximum atomic E-state index is 13.0. The molecule has 1 aromatic heterocycles. The summed E-state index contributed by atoms with van der Waals surface area (Å²) in [5.74, 6) is -0.186. The first kappa shape index (κ1) is 17.2. The molecule has 0 bridgehead atoms. The minimum atomic E-state index is -0.407. The Morgan fingerprint density at radius 3 is 2.64 bits per heavy atom. The molecule has 3 aromatic rings. The number of ether oxygens (including phenoxy) is 1. The number of benzene rings is 2. The fourth-order valence-corrected chi connectivity index (χ4v) is 2.98. The average Bonchev–Trinajstić information content (AvgIpc) is 3.01. The summed E-state index contributed by atoms with van der Waals surface area (Å²) in [6.45, 7) is 1.84. The first-order valence-electron chi connectivity index (χ1n) is 7.61. The fourth-order valence-electron chi connectivity index (χ4n) is 2.40. The van der Waals surface area contributed by atoms with Gasteiger partial charge in [0.2, 0.25) is 0 Å². The van der Waals surface area contributed by atoms with Gasteiger partial charge in [0.1, 0.15) is 18.1 Å². The van der Waals surface area contributed by atoms with E-state index >= 15 is 0 Å². The van der Waals surface area contributed by atoms with Crippen molar-refractivity contribution < 1.29 is 18.4 Å². The number of nitrogens with zero attached hydrogens (tertiary/aromatic N) is 1. The summed E-state index contributed by atoms with van der Waals surface area (Å²) in [6.07, 6.45) is 1.91. The summed E-state index contributed by atoms with van der Waals surface area (Å²) in [7, 11) is 0. The molecule has 0 saturated heterocycles. The summed E-state index contributed by atoms with van der Waals surface area (Å²) in [5.41, 5.74) is 2.54. The smallest absolute Gasteiger partial charge is 0.339 e. The van der Waals surface area contributed by atoms with Crippen molar-refractivity contribution in [3.63, 3.8) is 0 Å². The van der Waals surface area contributed by atoms with Gasteiger partial charge in [-0.15, -0.1) is 11.8 Å². The highest BCUT2D eigenvalue weighted by molar-refractivity contribution is 7.98. The molecule has 0 fully saturated rings. The Kier molecular flexibility index (Phi) is 5.19. The fraction of sp³-hybridized carbons (Fsp3) is 0.158. The Balaban J connectivity index is 1.74. The van der Waals surface area contributed by atoms with Crippen molar-refractivity contribution in [2.45, 2.75) is 18.4 Å². The van der Waals surface area contributed by atoms with Crippen molar-refractivity contribution in [1.82, 2.24) is 5.16 Å². The Bertz CT molecular complexity index is 890. The number of thioether (sulfide) groups is 1. The monoisotopic (exact) mass is 357 g/mol. The number of esters is 1. The molecule has 0 amide bonds. The molecule has 0 aliphatic heterocycles. The lowest BCUT2D eigenvalue weighted by Crippen LogP contribution is -2.07. The number of aromatic nitrogens is 1. The van der Waals surface area contributed by atoms with Gasteiger partial charge in [-0.2, -0.15) is 0 Å². The molecular formula is C19H16FNO3S. The molecule has 0 saturated carbocycles. The van der Waals surface area contributed by atoms with E-state index < -0.39 is 5.97 Å². The van der Waals surface area contributed by atoms with Crippen LogP contribution in [0.25, 0.3) is 11.3 Å². The quantitative estimate of drug-likeness (QED) is 0.482. The molecule has 3 rings (SSSR count). The van der Waals surface area contributed by atoms with Crippen molar-refractivity contribution >= 4 is 17.7 Å². The summed E-state index contributed by atoms with van der Waals surface area (Å²) in [5, 5.41) is 3.97. The van der Waals surface area contributed by atoms with Crippen LogP contribution in [0.4, 0.5) is 4.39 Å². The number of hydrogen-bond acceptors (Lipinski definition) is 5. The molecular weight excluding hydrogens is 341 g/mol. The van der Waals surface area contributed by atoms with E-state index in [0.29, 0.717) is 17.0 Å². The Morgan fingerprint density at radius 1 is 1.20 bits per heavy atom. The summed E-state index contributed by atoms with van der Waals surface area (Å²) in [4.78, 5) is 13.1. The second-order valence-corrected chi connectivity index (χ2v) is 6.21. The third-order valence-corrected chi connectivity index (χ3v) is 4.59. The largest absolute Gasteiger partial charge is 0.455 e. The van der Waals surface area contributed by atoms with Crippen molar-refractivity contribution in [3.8, 4) is 11.3 Å². The van der Waals surface area contributed by atoms with E-state index in [4.69, 9.17) is 9.26 Å². The molecule has 1 heterocycles. The average molecular weight is 357 g/mol. The predicted molar refractivity (Wildman–Crippen MR) is 94.0 cm³/mol. The maximum absolute atomic E-state index is 13.0. The second-order valence-electron chi connectivity index (χ2n) is 5.37. The minimum Gasteiger partial charge on any atom is -0.455 e. The van der Waals surface area contributed by atoms with E-state index in [2.05, 4.69) is 5.16 Å². The van der Waals surface area contributed by atoms with Gasteiger partial charge in [0.25, 0.3) is 0 Å². The molecule has 0 aliphatic carbocycles. The van der Waals surface area contributed by atoms with Crippen molar-refractivity contribution in [2.75, 3.05) is 6.26 Å². The van der Waals surface area contributed by atoms with Gasteiger partial charge in [0.15, 0.2) is 5.76 Å². The molecule has 0 aliphatic rings. The van der Waals surface area contributed by atoms with Gasteiger partial charge in [0.05, 0.1) is 5.56 Å². The van der Waals surface area contributed by atoms with Crippen LogP contribution in [-0.4, -0.2) is 17.4 Å². The van der Waals surface area contributed by atoms with Crippen molar-refractivity contribution in [1.29, 1.82) is 0 Å². The third-order valence-electron chi connectivity index (χ3n) is 3.79. The molecule has 0 spiro atoms. The molecule has 0 N–H and O–H groups in total. The molecule has 25 heavy (non-hydrogen) atoms. The summed E-state index contributed by atoms with van der Waals surface area (Å²) >= 11 is 1.49. The van der Waals surface area contributed by atoms with Crippen LogP contribution < -0.4 is 0 Å². The van der Waals surface area contributed by atoms with Crippen LogP contribution in [0.15, 0.2) is 57.9 Å². The van der Waals surface area contributed by atoms with Gasteiger partial charge < -0.3 is 9.26 Å². The number of halogens is 1. The van der Waals surface area contributed by atoms with E-state index in [-0.39, 0.29) is 12.4 Å². The van der Waals surface area contributed by atoms with E-state index in [1.54, 1.807) is 24.3 Å². The van der Waals surface area contributed by atoms with Gasteiger partial charge in [-0.05, 0) is 49.6 Å². The lowest BCUT2D eigenvalue weighted by atomic mass is 10.1. The Labute approximate surface area is 149 Å². The lowest BCUT2D eigenvalue weighted by molar-refractivity contribution is 0.0459. The van der Waals surface area contributed by atoms with Gasteiger partial charge >= 0.3 is 5.97 Å². The van der Waals surface area contributed by atoms with Gasteiger partial charge in [-0.1, -0.05) is 17.3 Å². The van der Waals surface area contributed by atoms with Crippen LogP contribution >= 0.6 is 11.8 Å². The molecule has 0 unspecified atom stereocenters. The van der Waals surface area contributed by atoms with Crippen LogP contribution in [0.2, 0.25) is 0 Å². The van der Waals surface area contributed by atoms with Crippen LogP contribution in [0.5, 0.6) is 0 Å². The van der Waals surface area contributed by atoms with E-state index in [1.807, 2.05) is 25.3 Å². The summed E-state index contributed by atoms with van der Waals surface area (Å²) in [6, 6.07) is 13.2. The summed E-state index contributed by atoms with van der Waals surface area (Å²) < 4.78 is 23.7. The number of hydrogen-bond donors (Lipinski definition) is 0. The predicted octanol–water partition coefficient (Wildman–Crippen LogP) is 4.87. The lowest BCUT2D eigenvalue weighted by Gasteiger charge is -2.07. The van der Waals surface area contributed by atoms with E-state index in [1.165, 1.54) is 23.9 Å². The zero-order chi connectivity index (χ0) is 17.8. The zero-order valence-corrected chi connectivity index (χ0v) is 14.6. The zero-order valence-electron chi connectivity index (χ0n) is 13.8. The Morgan fingerprint density at radius 2 is 1.92 bits per heavy atom. The molecule has 4 nitrogen and oxygen atoms in total. The molecule has 2 aromatic carbocycles. The number of carbonyl (C=O) groups is 1. The van der Waals surface area contributed by atoms with E-state index in [9.17, 15) is 9.18 Å². The standard InChI is InChI=1S/C19H16FNO3S/c1-12-16(21-24-18(12)13-7-9-14(20)10-8-13)11-23-19(22)15-5-3-4-6-17(15)25-2/h3-10H,11H2,1-2H3. The van der Waals surface area contributed by atoms with Crippen LogP contribution in [0.3, 0.4) is 0 Å². The van der Waals surface area contributed by atoms with Crippen LogP contribution in [-0.2, 0) is 11.3 Å². The molecule has 0 atom stereocenters. The number of carbonyl (C=O) groups excluding carboxylic acids is 1. The van der Waals surface area contributed by atoms with Crippen LogP contribution in [0, 0.1) is 12.7 Å². The normalized spacial score (nSPS) is 10.7. The molecule has 128 valence electrons.